The number of ketones is 1. The Morgan fingerprint density at radius 1 is 0.925 bits per heavy atom. The number of esters is 1. The third-order valence-corrected chi connectivity index (χ3v) is 7.69. The van der Waals surface area contributed by atoms with Crippen molar-refractivity contribution in [1.82, 2.24) is 0 Å². The summed E-state index contributed by atoms with van der Waals surface area (Å²) < 4.78 is 18.5. The van der Waals surface area contributed by atoms with E-state index >= 15 is 0 Å². The highest BCUT2D eigenvalue weighted by molar-refractivity contribution is 5.85. The predicted octanol–water partition coefficient (Wildman–Crippen LogP) is 7.40. The van der Waals surface area contributed by atoms with Crippen molar-refractivity contribution < 1.29 is 23.8 Å². The van der Waals surface area contributed by atoms with Crippen LogP contribution < -0.4 is 0 Å². The number of hydrogen-bond donors (Lipinski definition) is 0. The molecule has 1 aliphatic rings. The molecule has 2 aromatic carbocycles. The molecule has 0 amide bonds. The molecule has 40 heavy (non-hydrogen) atoms. The Morgan fingerprint density at radius 2 is 1.50 bits per heavy atom. The van der Waals surface area contributed by atoms with Crippen LogP contribution in [-0.4, -0.2) is 30.1 Å². The fourth-order valence-electron chi connectivity index (χ4n) is 4.99. The van der Waals surface area contributed by atoms with E-state index in [-0.39, 0.29) is 30.2 Å². The molecule has 5 atom stereocenters. The molecule has 0 aromatic heterocycles. The maximum Gasteiger partial charge on any atom is 0.311 e. The summed E-state index contributed by atoms with van der Waals surface area (Å²) in [6.07, 6.45) is 1.88. The predicted molar refractivity (Wildman–Crippen MR) is 157 cm³/mol. The van der Waals surface area contributed by atoms with Crippen molar-refractivity contribution in [3.8, 4) is 0 Å². The maximum atomic E-state index is 13.7. The lowest BCUT2D eigenvalue weighted by molar-refractivity contribution is -0.159. The van der Waals surface area contributed by atoms with Gasteiger partial charge < -0.3 is 14.2 Å². The van der Waals surface area contributed by atoms with Gasteiger partial charge in [0.15, 0.2) is 0 Å². The van der Waals surface area contributed by atoms with Crippen LogP contribution in [-0.2, 0) is 37.0 Å². The molecule has 0 saturated carbocycles. The van der Waals surface area contributed by atoms with E-state index in [9.17, 15) is 9.59 Å². The first-order valence-electron chi connectivity index (χ1n) is 14.3. The van der Waals surface area contributed by atoms with Crippen molar-refractivity contribution >= 4 is 11.8 Å². The fourth-order valence-corrected chi connectivity index (χ4v) is 4.99. The van der Waals surface area contributed by atoms with E-state index in [1.54, 1.807) is 6.92 Å². The molecule has 0 fully saturated rings. The zero-order chi connectivity index (χ0) is 29.1. The summed E-state index contributed by atoms with van der Waals surface area (Å²) in [6, 6.07) is 19.8. The molecular formula is C35H44O5. The minimum absolute atomic E-state index is 0.0309. The molecule has 0 aliphatic carbocycles. The van der Waals surface area contributed by atoms with E-state index < -0.39 is 23.5 Å². The first-order valence-corrected chi connectivity index (χ1v) is 14.3. The minimum atomic E-state index is -0.652. The van der Waals surface area contributed by atoms with E-state index in [0.717, 1.165) is 16.7 Å². The second kappa shape index (κ2) is 15.0. The Bertz CT molecular complexity index is 1200. The van der Waals surface area contributed by atoms with Gasteiger partial charge in [0.25, 0.3) is 0 Å². The Labute approximate surface area is 239 Å². The summed E-state index contributed by atoms with van der Waals surface area (Å²) in [5.74, 6) is -0.916. The second-order valence-electron chi connectivity index (χ2n) is 11.5. The Hall–Kier alpha value is -3.20. The van der Waals surface area contributed by atoms with E-state index in [2.05, 4.69) is 18.4 Å². The van der Waals surface area contributed by atoms with E-state index in [1.165, 1.54) is 0 Å². The van der Waals surface area contributed by atoms with Crippen LogP contribution in [0, 0.1) is 17.3 Å². The lowest BCUT2D eigenvalue weighted by atomic mass is 9.76. The van der Waals surface area contributed by atoms with Crippen LogP contribution in [0.1, 0.15) is 71.9 Å². The fraction of sp³-hybridized carbons (Fsp3) is 0.486. The van der Waals surface area contributed by atoms with Crippen molar-refractivity contribution in [2.75, 3.05) is 0 Å². The van der Waals surface area contributed by atoms with E-state index in [1.807, 2.05) is 94.4 Å². The van der Waals surface area contributed by atoms with Crippen molar-refractivity contribution in [1.29, 1.82) is 0 Å². The molecule has 0 spiro atoms. The summed E-state index contributed by atoms with van der Waals surface area (Å²) in [5, 5.41) is 0. The molecule has 3 rings (SSSR count). The SMILES string of the molecule is CC[C@H]1OC(=O)[C@H](C)[C@@H](OCc2ccccc2)CC(=O)C(C)(C)C[C@@H](C)[C@H](OCc2ccccc2)C=C=C=C1C. The molecule has 0 unspecified atom stereocenters. The van der Waals surface area contributed by atoms with Gasteiger partial charge in [0.05, 0.1) is 31.3 Å². The van der Waals surface area contributed by atoms with Gasteiger partial charge in [0, 0.05) is 17.4 Å². The lowest BCUT2D eigenvalue weighted by Gasteiger charge is -2.32. The van der Waals surface area contributed by atoms with Crippen molar-refractivity contribution in [2.45, 2.75) is 92.3 Å². The third kappa shape index (κ3) is 9.18. The molecule has 5 heteroatoms. The lowest BCUT2D eigenvalue weighted by Crippen LogP contribution is -2.38. The van der Waals surface area contributed by atoms with E-state index in [4.69, 9.17) is 14.2 Å². The molecule has 0 bridgehead atoms. The summed E-state index contributed by atoms with van der Waals surface area (Å²) in [6.45, 7) is 12.4. The van der Waals surface area contributed by atoms with Gasteiger partial charge in [-0.05, 0) is 49.8 Å². The summed E-state index contributed by atoms with van der Waals surface area (Å²) in [5.41, 5.74) is 8.53. The summed E-state index contributed by atoms with van der Waals surface area (Å²) in [4.78, 5) is 27.0. The van der Waals surface area contributed by atoms with Gasteiger partial charge in [-0.25, -0.2) is 0 Å². The first-order chi connectivity index (χ1) is 19.1. The van der Waals surface area contributed by atoms with Crippen LogP contribution in [0.2, 0.25) is 0 Å². The Balaban J connectivity index is 1.92. The average Bonchev–Trinajstić information content (AvgIpc) is 2.95. The monoisotopic (exact) mass is 544 g/mol. The Morgan fingerprint density at radius 3 is 2.08 bits per heavy atom. The third-order valence-electron chi connectivity index (χ3n) is 7.69. The van der Waals surface area contributed by atoms with Gasteiger partial charge in [-0.1, -0.05) is 99.8 Å². The smallest absolute Gasteiger partial charge is 0.311 e. The molecule has 2 aromatic rings. The highest BCUT2D eigenvalue weighted by atomic mass is 16.5. The van der Waals surface area contributed by atoms with Gasteiger partial charge in [0.2, 0.25) is 0 Å². The van der Waals surface area contributed by atoms with Crippen LogP contribution in [0.25, 0.3) is 0 Å². The normalized spacial score (nSPS) is 25.9. The number of benzene rings is 2. The molecule has 0 radical (unpaired) electrons. The largest absolute Gasteiger partial charge is 0.457 e. The van der Waals surface area contributed by atoms with Crippen LogP contribution >= 0.6 is 0 Å². The molecule has 0 N–H and O–H groups in total. The number of rotatable bonds is 7. The van der Waals surface area contributed by atoms with Gasteiger partial charge >= 0.3 is 5.97 Å². The number of Topliss-reactive ketones (excluding diaryl/α,β-unsaturated/α-hetero) is 1. The van der Waals surface area contributed by atoms with Crippen LogP contribution in [0.4, 0.5) is 0 Å². The summed E-state index contributed by atoms with van der Waals surface area (Å²) >= 11 is 0. The van der Waals surface area contributed by atoms with Crippen molar-refractivity contribution in [3.05, 3.63) is 94.9 Å². The standard InChI is InChI=1S/C35H44O5/c1-7-30-25(2)15-14-20-31(38-23-28-16-10-8-11-17-28)26(3)22-35(5,6)33(36)21-32(27(4)34(37)40-30)39-24-29-18-12-9-13-19-29/h8-13,16-20,26-27,30-32H,7,21-24H2,1-6H3/t26-,27-,30-,31-,32+/m1/s1. The van der Waals surface area contributed by atoms with Gasteiger partial charge in [-0.15, -0.1) is 0 Å². The molecule has 0 saturated heterocycles. The number of hydrogen-bond acceptors (Lipinski definition) is 5. The van der Waals surface area contributed by atoms with Crippen LogP contribution in [0.15, 0.2) is 83.8 Å². The topological polar surface area (TPSA) is 61.8 Å². The number of carbonyl (C=O) groups excluding carboxylic acids is 2. The molecule has 5 nitrogen and oxygen atoms in total. The van der Waals surface area contributed by atoms with E-state index in [0.29, 0.717) is 26.1 Å². The maximum absolute atomic E-state index is 13.7. The quantitative estimate of drug-likeness (QED) is 0.269. The van der Waals surface area contributed by atoms with Gasteiger partial charge in [-0.2, -0.15) is 0 Å². The molecule has 1 aliphatic heterocycles. The second-order valence-corrected chi connectivity index (χ2v) is 11.5. The zero-order valence-electron chi connectivity index (χ0n) is 24.8. The van der Waals surface area contributed by atoms with Gasteiger partial charge in [0.1, 0.15) is 11.9 Å². The molecular weight excluding hydrogens is 500 g/mol. The van der Waals surface area contributed by atoms with Crippen molar-refractivity contribution in [3.63, 3.8) is 0 Å². The zero-order valence-corrected chi connectivity index (χ0v) is 24.8. The number of carbonyl (C=O) groups is 2. The molecule has 1 heterocycles. The first kappa shape index (κ1) is 31.3. The highest BCUT2D eigenvalue weighted by Crippen LogP contribution is 2.33. The average molecular weight is 545 g/mol. The highest BCUT2D eigenvalue weighted by Gasteiger charge is 2.37. The van der Waals surface area contributed by atoms with Crippen LogP contribution in [0.3, 0.4) is 0 Å². The number of ether oxygens (including phenoxy) is 3. The minimum Gasteiger partial charge on any atom is -0.457 e. The Kier molecular flexibility index (Phi) is 11.7. The van der Waals surface area contributed by atoms with Crippen LogP contribution in [0.5, 0.6) is 0 Å². The molecule has 214 valence electrons. The summed E-state index contributed by atoms with van der Waals surface area (Å²) in [7, 11) is 0. The number of cyclic esters (lactones) is 1. The van der Waals surface area contributed by atoms with Gasteiger partial charge in [-0.3, -0.25) is 9.59 Å². The van der Waals surface area contributed by atoms with Crippen molar-refractivity contribution in [2.24, 2.45) is 17.3 Å².